The molecule has 0 aliphatic heterocycles. The van der Waals surface area contributed by atoms with Crippen molar-refractivity contribution >= 4 is 16.8 Å². The summed E-state index contributed by atoms with van der Waals surface area (Å²) in [6.45, 7) is 3.28. The highest BCUT2D eigenvalue weighted by atomic mass is 16.5. The first-order valence-electron chi connectivity index (χ1n) is 9.76. The Morgan fingerprint density at radius 1 is 1.11 bits per heavy atom. The van der Waals surface area contributed by atoms with Crippen LogP contribution in [0.2, 0.25) is 0 Å². The van der Waals surface area contributed by atoms with Crippen molar-refractivity contribution in [3.8, 4) is 5.75 Å². The van der Waals surface area contributed by atoms with Crippen LogP contribution in [0, 0.1) is 0 Å². The Bertz CT molecular complexity index is 950. The Morgan fingerprint density at radius 3 is 2.93 bits per heavy atom. The number of rotatable bonds is 9. The molecule has 1 aromatic heterocycles. The van der Waals surface area contributed by atoms with Crippen LogP contribution in [0.5, 0.6) is 5.75 Å². The fourth-order valence-electron chi connectivity index (χ4n) is 2.92. The number of carbonyl (C=O) groups excluding carboxylic acids is 1. The number of unbranched alkanes of at least 4 members (excludes halogenated alkanes) is 1. The Hall–Kier alpha value is -3.14. The average molecular weight is 374 g/mol. The first-order valence-corrected chi connectivity index (χ1v) is 9.76. The summed E-state index contributed by atoms with van der Waals surface area (Å²) in [7, 11) is 0. The van der Waals surface area contributed by atoms with Crippen LogP contribution in [0.1, 0.15) is 42.1 Å². The van der Waals surface area contributed by atoms with Crippen molar-refractivity contribution in [1.29, 1.82) is 0 Å². The standard InChI is InChI=1S/C24H26N2O2/c1-2-3-4-5-6-15-28-22-11-7-9-19(16-22)18-26-24(27)21-12-13-23-20(17-21)10-8-14-25-23/h3-4,7-14,16-17H,2,5-6,15,18H2,1H3,(H,26,27)/b4-3+. The number of ether oxygens (including phenoxy) is 1. The highest BCUT2D eigenvalue weighted by Gasteiger charge is 2.07. The van der Waals surface area contributed by atoms with E-state index in [1.54, 1.807) is 12.3 Å². The molecule has 0 radical (unpaired) electrons. The van der Waals surface area contributed by atoms with Gasteiger partial charge in [0.25, 0.3) is 5.91 Å². The number of hydrogen-bond donors (Lipinski definition) is 1. The van der Waals surface area contributed by atoms with E-state index in [1.807, 2.05) is 48.5 Å². The number of hydrogen-bond acceptors (Lipinski definition) is 3. The second-order valence-corrected chi connectivity index (χ2v) is 6.61. The number of nitrogens with one attached hydrogen (secondary N) is 1. The van der Waals surface area contributed by atoms with Crippen LogP contribution in [-0.4, -0.2) is 17.5 Å². The molecule has 0 saturated heterocycles. The zero-order valence-corrected chi connectivity index (χ0v) is 16.2. The van der Waals surface area contributed by atoms with E-state index in [9.17, 15) is 4.79 Å². The van der Waals surface area contributed by atoms with E-state index in [0.29, 0.717) is 18.7 Å². The highest BCUT2D eigenvalue weighted by Crippen LogP contribution is 2.15. The molecule has 0 spiro atoms. The Balaban J connectivity index is 1.52. The van der Waals surface area contributed by atoms with E-state index in [-0.39, 0.29) is 5.91 Å². The topological polar surface area (TPSA) is 51.2 Å². The van der Waals surface area contributed by atoms with Gasteiger partial charge < -0.3 is 10.1 Å². The normalized spacial score (nSPS) is 11.0. The van der Waals surface area contributed by atoms with Crippen molar-refractivity contribution in [3.63, 3.8) is 0 Å². The molecule has 0 unspecified atom stereocenters. The molecule has 1 N–H and O–H groups in total. The molecule has 0 atom stereocenters. The molecule has 0 aliphatic carbocycles. The van der Waals surface area contributed by atoms with Crippen molar-refractivity contribution in [2.45, 2.75) is 32.7 Å². The molecule has 28 heavy (non-hydrogen) atoms. The zero-order valence-electron chi connectivity index (χ0n) is 16.2. The first-order chi connectivity index (χ1) is 13.8. The molecule has 1 amide bonds. The number of fused-ring (bicyclic) bond motifs is 1. The minimum atomic E-state index is -0.0974. The van der Waals surface area contributed by atoms with Gasteiger partial charge in [0.05, 0.1) is 12.1 Å². The van der Waals surface area contributed by atoms with Crippen molar-refractivity contribution in [2.24, 2.45) is 0 Å². The van der Waals surface area contributed by atoms with Gasteiger partial charge in [-0.1, -0.05) is 37.3 Å². The second-order valence-electron chi connectivity index (χ2n) is 6.61. The lowest BCUT2D eigenvalue weighted by molar-refractivity contribution is 0.0951. The van der Waals surface area contributed by atoms with Crippen LogP contribution in [0.25, 0.3) is 10.9 Å². The molecule has 3 aromatic rings. The lowest BCUT2D eigenvalue weighted by Gasteiger charge is -2.09. The average Bonchev–Trinajstić information content (AvgIpc) is 2.74. The number of aromatic nitrogens is 1. The minimum Gasteiger partial charge on any atom is -0.494 e. The van der Waals surface area contributed by atoms with Crippen molar-refractivity contribution in [2.75, 3.05) is 6.61 Å². The van der Waals surface area contributed by atoms with Gasteiger partial charge in [-0.3, -0.25) is 9.78 Å². The van der Waals surface area contributed by atoms with Crippen LogP contribution < -0.4 is 10.1 Å². The van der Waals surface area contributed by atoms with Gasteiger partial charge in [0, 0.05) is 23.7 Å². The summed E-state index contributed by atoms with van der Waals surface area (Å²) < 4.78 is 5.81. The molecule has 144 valence electrons. The number of benzene rings is 2. The van der Waals surface area contributed by atoms with Crippen LogP contribution >= 0.6 is 0 Å². The molecular weight excluding hydrogens is 348 g/mol. The first kappa shape index (κ1) is 19.6. The van der Waals surface area contributed by atoms with E-state index < -0.39 is 0 Å². The quantitative estimate of drug-likeness (QED) is 0.409. The van der Waals surface area contributed by atoms with Gasteiger partial charge in [0.1, 0.15) is 5.75 Å². The molecule has 1 heterocycles. The Labute approximate surface area is 166 Å². The summed E-state index contributed by atoms with van der Waals surface area (Å²) in [4.78, 5) is 16.8. The maximum absolute atomic E-state index is 12.5. The fourth-order valence-corrected chi connectivity index (χ4v) is 2.92. The largest absolute Gasteiger partial charge is 0.494 e. The highest BCUT2D eigenvalue weighted by molar-refractivity contribution is 5.97. The van der Waals surface area contributed by atoms with Crippen molar-refractivity contribution in [3.05, 3.63) is 84.1 Å². The molecule has 4 heteroatoms. The van der Waals surface area contributed by atoms with Crippen molar-refractivity contribution in [1.82, 2.24) is 10.3 Å². The van der Waals surface area contributed by atoms with E-state index in [2.05, 4.69) is 29.4 Å². The van der Waals surface area contributed by atoms with Gasteiger partial charge in [-0.15, -0.1) is 0 Å². The van der Waals surface area contributed by atoms with Crippen LogP contribution in [0.4, 0.5) is 0 Å². The molecular formula is C24H26N2O2. The summed E-state index contributed by atoms with van der Waals surface area (Å²) in [5.41, 5.74) is 2.53. The van der Waals surface area contributed by atoms with Gasteiger partial charge in [-0.2, -0.15) is 0 Å². The number of pyridine rings is 1. The fraction of sp³-hybridized carbons (Fsp3) is 0.250. The molecule has 0 bridgehead atoms. The third-order valence-corrected chi connectivity index (χ3v) is 4.40. The maximum atomic E-state index is 12.5. The summed E-state index contributed by atoms with van der Waals surface area (Å²) in [6, 6.07) is 17.2. The molecule has 0 aliphatic rings. The van der Waals surface area contributed by atoms with Gasteiger partial charge in [-0.25, -0.2) is 0 Å². The summed E-state index contributed by atoms with van der Waals surface area (Å²) in [5, 5.41) is 3.93. The number of amides is 1. The zero-order chi connectivity index (χ0) is 19.6. The third kappa shape index (κ3) is 5.68. The van der Waals surface area contributed by atoms with Crippen LogP contribution in [-0.2, 0) is 6.54 Å². The monoisotopic (exact) mass is 374 g/mol. The van der Waals surface area contributed by atoms with Gasteiger partial charge in [0.15, 0.2) is 0 Å². The Kier molecular flexibility index (Phi) is 7.19. The molecule has 0 saturated carbocycles. The van der Waals surface area contributed by atoms with E-state index in [0.717, 1.165) is 41.5 Å². The van der Waals surface area contributed by atoms with E-state index >= 15 is 0 Å². The molecule has 4 nitrogen and oxygen atoms in total. The number of carbonyl (C=O) groups is 1. The Morgan fingerprint density at radius 2 is 2.04 bits per heavy atom. The molecule has 0 fully saturated rings. The number of allylic oxidation sites excluding steroid dienone is 2. The molecule has 3 rings (SSSR count). The minimum absolute atomic E-state index is 0.0974. The molecule has 2 aromatic carbocycles. The van der Waals surface area contributed by atoms with Gasteiger partial charge in [0.2, 0.25) is 0 Å². The van der Waals surface area contributed by atoms with Crippen LogP contribution in [0.15, 0.2) is 72.9 Å². The summed E-state index contributed by atoms with van der Waals surface area (Å²) in [5.74, 6) is 0.739. The van der Waals surface area contributed by atoms with Crippen molar-refractivity contribution < 1.29 is 9.53 Å². The number of nitrogens with zero attached hydrogens (tertiary/aromatic N) is 1. The predicted octanol–water partition coefficient (Wildman–Crippen LogP) is 5.29. The van der Waals surface area contributed by atoms with E-state index in [4.69, 9.17) is 4.74 Å². The van der Waals surface area contributed by atoms with Crippen LogP contribution in [0.3, 0.4) is 0 Å². The lowest BCUT2D eigenvalue weighted by atomic mass is 10.1. The maximum Gasteiger partial charge on any atom is 0.251 e. The predicted molar refractivity (Wildman–Crippen MR) is 114 cm³/mol. The summed E-state index contributed by atoms with van der Waals surface area (Å²) in [6.07, 6.45) is 9.22. The SMILES string of the molecule is CC/C=C/CCCOc1cccc(CNC(=O)c2ccc3ncccc3c2)c1. The van der Waals surface area contributed by atoms with E-state index in [1.165, 1.54) is 0 Å². The second kappa shape index (κ2) is 10.3. The summed E-state index contributed by atoms with van der Waals surface area (Å²) >= 11 is 0. The lowest BCUT2D eigenvalue weighted by Crippen LogP contribution is -2.22. The smallest absolute Gasteiger partial charge is 0.251 e. The van der Waals surface area contributed by atoms with Gasteiger partial charge in [-0.05, 0) is 61.2 Å². The van der Waals surface area contributed by atoms with Gasteiger partial charge >= 0.3 is 0 Å². The third-order valence-electron chi connectivity index (χ3n) is 4.40.